The first-order valence-electron chi connectivity index (χ1n) is 11.4. The Morgan fingerprint density at radius 3 is 2.76 bits per heavy atom. The number of pyridine rings is 1. The number of oxime groups is 1. The zero-order valence-electron chi connectivity index (χ0n) is 19.4. The Hall–Kier alpha value is -3.63. The summed E-state index contributed by atoms with van der Waals surface area (Å²) in [6.45, 7) is 6.01. The van der Waals surface area contributed by atoms with E-state index in [4.69, 9.17) is 9.94 Å². The second-order valence-electron chi connectivity index (χ2n) is 8.53. The molecular weight excluding hydrogens is 432 g/mol. The van der Waals surface area contributed by atoms with Crippen LogP contribution < -0.4 is 4.90 Å². The van der Waals surface area contributed by atoms with Crippen LogP contribution in [0.2, 0.25) is 0 Å². The van der Waals surface area contributed by atoms with Crippen molar-refractivity contribution in [3.8, 4) is 0 Å². The number of hydrogen-bond acceptors (Lipinski definition) is 9. The topological polar surface area (TPSA) is 104 Å². The molecule has 10 heteroatoms. The second kappa shape index (κ2) is 9.70. The van der Waals surface area contributed by atoms with Crippen LogP contribution in [0.1, 0.15) is 24.0 Å². The molecule has 1 saturated heterocycles. The summed E-state index contributed by atoms with van der Waals surface area (Å²) in [5.41, 5.74) is 5.19. The molecule has 34 heavy (non-hydrogen) atoms. The summed E-state index contributed by atoms with van der Waals surface area (Å²) in [6, 6.07) is 12.2. The van der Waals surface area contributed by atoms with Gasteiger partial charge in [-0.05, 0) is 49.9 Å². The molecule has 176 valence electrons. The molecule has 4 heterocycles. The molecule has 0 radical (unpaired) electrons. The van der Waals surface area contributed by atoms with Gasteiger partial charge in [-0.2, -0.15) is 9.61 Å². The van der Waals surface area contributed by atoms with E-state index in [2.05, 4.69) is 66.5 Å². The third-order valence-electron chi connectivity index (χ3n) is 6.04. The lowest BCUT2D eigenvalue weighted by Crippen LogP contribution is -2.44. The third-order valence-corrected chi connectivity index (χ3v) is 6.04. The fraction of sp³-hybridized carbons (Fsp3) is 0.375. The van der Waals surface area contributed by atoms with Gasteiger partial charge in [-0.25, -0.2) is 0 Å². The molecule has 1 aromatic carbocycles. The summed E-state index contributed by atoms with van der Waals surface area (Å²) in [4.78, 5) is 14.5. The zero-order chi connectivity index (χ0) is 23.5. The Balaban J connectivity index is 1.40. The summed E-state index contributed by atoms with van der Waals surface area (Å²) in [7, 11) is 2.16. The quantitative estimate of drug-likeness (QED) is 0.253. The van der Waals surface area contributed by atoms with E-state index < -0.39 is 0 Å². The minimum absolute atomic E-state index is 0.0863. The molecule has 4 aromatic rings. The molecule has 0 atom stereocenters. The van der Waals surface area contributed by atoms with Gasteiger partial charge in [0, 0.05) is 38.0 Å². The number of aromatic nitrogens is 5. The monoisotopic (exact) mass is 460 g/mol. The van der Waals surface area contributed by atoms with Crippen LogP contribution in [0.3, 0.4) is 0 Å². The van der Waals surface area contributed by atoms with Crippen LogP contribution in [0, 0.1) is 0 Å². The van der Waals surface area contributed by atoms with E-state index >= 15 is 0 Å². The number of anilines is 1. The molecule has 0 aliphatic carbocycles. The average molecular weight is 461 g/mol. The second-order valence-corrected chi connectivity index (χ2v) is 8.53. The van der Waals surface area contributed by atoms with Crippen LogP contribution in [-0.2, 0) is 11.3 Å². The van der Waals surface area contributed by atoms with Crippen LogP contribution in [0.25, 0.3) is 16.6 Å². The van der Waals surface area contributed by atoms with Gasteiger partial charge in [-0.3, -0.25) is 4.98 Å². The number of nitrogens with zero attached hydrogens (tertiary/aromatic N) is 8. The van der Waals surface area contributed by atoms with Crippen molar-refractivity contribution in [3.05, 3.63) is 59.7 Å². The number of fused-ring (bicyclic) bond motifs is 2. The van der Waals surface area contributed by atoms with Crippen molar-refractivity contribution in [1.29, 1.82) is 0 Å². The van der Waals surface area contributed by atoms with E-state index in [1.54, 1.807) is 4.52 Å². The van der Waals surface area contributed by atoms with E-state index in [9.17, 15) is 0 Å². The van der Waals surface area contributed by atoms with E-state index in [1.807, 2.05) is 25.3 Å². The molecule has 0 saturated carbocycles. The average Bonchev–Trinajstić information content (AvgIpc) is 3.26. The predicted octanol–water partition coefficient (Wildman–Crippen LogP) is 1.75. The van der Waals surface area contributed by atoms with E-state index in [-0.39, 0.29) is 13.2 Å². The van der Waals surface area contributed by atoms with Crippen molar-refractivity contribution in [1.82, 2.24) is 29.7 Å². The van der Waals surface area contributed by atoms with Crippen molar-refractivity contribution in [2.45, 2.75) is 13.3 Å². The largest absolute Gasteiger partial charge is 0.393 e. The van der Waals surface area contributed by atoms with E-state index in [1.165, 1.54) is 0 Å². The molecule has 5 rings (SSSR count). The van der Waals surface area contributed by atoms with E-state index in [0.717, 1.165) is 54.2 Å². The number of aliphatic hydroxyl groups is 1. The first kappa shape index (κ1) is 22.2. The van der Waals surface area contributed by atoms with Gasteiger partial charge in [0.05, 0.1) is 24.0 Å². The Morgan fingerprint density at radius 1 is 1.09 bits per heavy atom. The van der Waals surface area contributed by atoms with Crippen LogP contribution in [-0.4, -0.2) is 87.0 Å². The van der Waals surface area contributed by atoms with Gasteiger partial charge < -0.3 is 19.7 Å². The van der Waals surface area contributed by atoms with Gasteiger partial charge in [0.2, 0.25) is 0 Å². The molecule has 1 aliphatic rings. The van der Waals surface area contributed by atoms with Gasteiger partial charge in [-0.15, -0.1) is 10.2 Å². The molecule has 1 fully saturated rings. The van der Waals surface area contributed by atoms with Crippen LogP contribution >= 0.6 is 0 Å². The SMILES string of the molecule is CC(=NOCCO)c1ccc2nnc(Cc3ccc4ncc(N5CCN(C)CC5)cc4c3)n2n1. The molecule has 0 amide bonds. The highest BCUT2D eigenvalue weighted by molar-refractivity contribution is 5.96. The standard InChI is InChI=1S/C24H28N8O2/c1-17(29-34-12-11-33)21-5-6-23-26-27-24(32(23)28-21)14-18-3-4-22-19(13-18)15-20(16-25-22)31-9-7-30(2)8-10-31/h3-6,13,15-16,33H,7-12,14H2,1-2H3. The van der Waals surface area contributed by atoms with Crippen molar-refractivity contribution >= 4 is 27.9 Å². The number of aliphatic hydroxyl groups excluding tert-OH is 1. The molecule has 0 spiro atoms. The minimum atomic E-state index is -0.0863. The molecule has 0 bridgehead atoms. The number of piperazine rings is 1. The van der Waals surface area contributed by atoms with Crippen LogP contribution in [0.4, 0.5) is 5.69 Å². The Morgan fingerprint density at radius 2 is 1.94 bits per heavy atom. The number of likely N-dealkylation sites (N-methyl/N-ethyl adjacent to an activating group) is 1. The Kier molecular flexibility index (Phi) is 6.33. The zero-order valence-corrected chi connectivity index (χ0v) is 19.4. The van der Waals surface area contributed by atoms with Crippen molar-refractivity contribution in [2.75, 3.05) is 51.3 Å². The predicted molar refractivity (Wildman–Crippen MR) is 130 cm³/mol. The summed E-state index contributed by atoms with van der Waals surface area (Å²) in [6.07, 6.45) is 2.56. The van der Waals surface area contributed by atoms with Gasteiger partial charge in [0.1, 0.15) is 18.0 Å². The molecule has 10 nitrogen and oxygen atoms in total. The Labute approximate surface area is 197 Å². The molecule has 0 unspecified atom stereocenters. The van der Waals surface area contributed by atoms with Gasteiger partial charge in [0.25, 0.3) is 0 Å². The summed E-state index contributed by atoms with van der Waals surface area (Å²) < 4.78 is 1.74. The fourth-order valence-corrected chi connectivity index (χ4v) is 4.07. The molecule has 1 aliphatic heterocycles. The van der Waals surface area contributed by atoms with Crippen molar-refractivity contribution in [2.24, 2.45) is 5.16 Å². The van der Waals surface area contributed by atoms with Gasteiger partial charge >= 0.3 is 0 Å². The van der Waals surface area contributed by atoms with Gasteiger partial charge in [-0.1, -0.05) is 11.2 Å². The summed E-state index contributed by atoms with van der Waals surface area (Å²) in [5, 5.41) is 27.2. The fourth-order valence-electron chi connectivity index (χ4n) is 4.07. The van der Waals surface area contributed by atoms with E-state index in [0.29, 0.717) is 23.5 Å². The molecule has 1 N–H and O–H groups in total. The first-order valence-corrected chi connectivity index (χ1v) is 11.4. The summed E-state index contributed by atoms with van der Waals surface area (Å²) >= 11 is 0. The van der Waals surface area contributed by atoms with Gasteiger partial charge in [0.15, 0.2) is 11.5 Å². The molecule has 3 aromatic heterocycles. The van der Waals surface area contributed by atoms with Crippen molar-refractivity contribution in [3.63, 3.8) is 0 Å². The normalized spacial score (nSPS) is 15.4. The number of benzene rings is 1. The Bertz CT molecular complexity index is 1330. The molecular formula is C24H28N8O2. The maximum Gasteiger partial charge on any atom is 0.177 e. The van der Waals surface area contributed by atoms with Crippen molar-refractivity contribution < 1.29 is 9.94 Å². The summed E-state index contributed by atoms with van der Waals surface area (Å²) in [5.74, 6) is 0.739. The number of rotatable bonds is 7. The maximum atomic E-state index is 8.86. The first-order chi connectivity index (χ1) is 16.6. The highest BCUT2D eigenvalue weighted by Gasteiger charge is 2.15. The van der Waals surface area contributed by atoms with Crippen LogP contribution in [0.5, 0.6) is 0 Å². The lowest BCUT2D eigenvalue weighted by Gasteiger charge is -2.33. The lowest BCUT2D eigenvalue weighted by atomic mass is 10.1. The highest BCUT2D eigenvalue weighted by atomic mass is 16.6. The van der Waals surface area contributed by atoms with Crippen LogP contribution in [0.15, 0.2) is 47.8 Å². The highest BCUT2D eigenvalue weighted by Crippen LogP contribution is 2.23. The maximum absolute atomic E-state index is 8.86. The number of hydrogen-bond donors (Lipinski definition) is 1. The lowest BCUT2D eigenvalue weighted by molar-refractivity contribution is 0.0986. The smallest absolute Gasteiger partial charge is 0.177 e. The third kappa shape index (κ3) is 4.68. The minimum Gasteiger partial charge on any atom is -0.393 e.